The number of carbonyl (C=O) groups excluding carboxylic acids is 3. The van der Waals surface area contributed by atoms with Crippen LogP contribution in [0.2, 0.25) is 0 Å². The Bertz CT molecular complexity index is 2520. The van der Waals surface area contributed by atoms with E-state index in [1.807, 2.05) is 12.2 Å². The Kier molecular flexibility index (Phi) is 70.9. The van der Waals surface area contributed by atoms with Gasteiger partial charge in [-0.2, -0.15) is 0 Å². The number of ether oxygens (including phenoxy) is 3. The standard InChI is InChI=1S/C83H136O16P2/c1-4-7-10-13-16-19-22-25-28-31-33-34-35-36-37-38-39-40-41-42-44-47-48-51-54-57-60-63-66-69-81(86)93-72-78(84)73-95-100(89,90)96-74-79(85)75-97-101(91,92)98-77-80(99-83(88)71-68-65-62-59-56-53-50-45-30-27-24-21-18-15-12-9-6-3)76-94-82(87)70-67-64-61-58-55-52-49-46-43-32-29-26-23-20-17-14-11-8-5-2/h7-12,16-21,25-30,33-34,36-37,43,46,50,53,59,62,78-80,84-85H,4-6,13-15,22-24,31-32,35,38-42,44-45,47-49,51-52,54-58,60-61,63-77H2,1-3H3,(H,89,90)(H,91,92)/b10-7-,11-8-,12-9-,19-16-,20-17-,21-18-,28-25-,29-26-,30-27-,34-33-,37-36-,46-43-,53-50-,62-59-. The lowest BCUT2D eigenvalue weighted by molar-refractivity contribution is -0.161. The normalized spacial score (nSPS) is 15.0. The maximum absolute atomic E-state index is 12.9. The molecule has 0 aliphatic rings. The zero-order chi connectivity index (χ0) is 73.7. The summed E-state index contributed by atoms with van der Waals surface area (Å²) in [6, 6.07) is 0. The largest absolute Gasteiger partial charge is 0.472 e. The summed E-state index contributed by atoms with van der Waals surface area (Å²) in [6.45, 7) is 2.24. The number of rotatable bonds is 71. The monoisotopic (exact) mass is 1450 g/mol. The molecule has 0 saturated heterocycles. The van der Waals surface area contributed by atoms with Gasteiger partial charge in [0.2, 0.25) is 0 Å². The van der Waals surface area contributed by atoms with Crippen molar-refractivity contribution in [1.82, 2.24) is 0 Å². The van der Waals surface area contributed by atoms with Crippen molar-refractivity contribution in [3.8, 4) is 0 Å². The zero-order valence-electron chi connectivity index (χ0n) is 62.5. The molecular formula is C83H136O16P2. The quantitative estimate of drug-likeness (QED) is 0.0146. The Hall–Kier alpha value is -5.09. The van der Waals surface area contributed by atoms with Crippen LogP contribution in [-0.4, -0.2) is 95.9 Å². The fourth-order valence-electron chi connectivity index (χ4n) is 9.68. The Balaban J connectivity index is 4.60. The van der Waals surface area contributed by atoms with E-state index in [0.717, 1.165) is 154 Å². The van der Waals surface area contributed by atoms with Crippen molar-refractivity contribution in [2.24, 2.45) is 0 Å². The van der Waals surface area contributed by atoms with E-state index in [1.165, 1.54) is 57.8 Å². The molecule has 16 nitrogen and oxygen atoms in total. The van der Waals surface area contributed by atoms with Crippen molar-refractivity contribution >= 4 is 33.6 Å². The van der Waals surface area contributed by atoms with Gasteiger partial charge in [-0.3, -0.25) is 32.5 Å². The third-order valence-corrected chi connectivity index (χ3v) is 17.3. The number of carbonyl (C=O) groups is 3. The molecule has 0 aliphatic carbocycles. The average Bonchev–Trinajstić information content (AvgIpc) is 1.06. The minimum absolute atomic E-state index is 0.0172. The highest BCUT2D eigenvalue weighted by atomic mass is 31.2. The number of aliphatic hydroxyl groups excluding tert-OH is 2. The van der Waals surface area contributed by atoms with E-state index in [4.69, 9.17) is 32.3 Å². The first-order valence-corrected chi connectivity index (χ1v) is 41.4. The molecule has 574 valence electrons. The Morgan fingerprint density at radius 1 is 0.277 bits per heavy atom. The fraction of sp³-hybridized carbons (Fsp3) is 0.627. The molecule has 0 radical (unpaired) electrons. The van der Waals surface area contributed by atoms with Crippen LogP contribution in [0.4, 0.5) is 0 Å². The van der Waals surface area contributed by atoms with Gasteiger partial charge in [0.15, 0.2) is 6.10 Å². The Morgan fingerprint density at radius 3 is 0.812 bits per heavy atom. The molecule has 0 heterocycles. The summed E-state index contributed by atoms with van der Waals surface area (Å²) in [7, 11) is -9.82. The smallest absolute Gasteiger partial charge is 0.463 e. The van der Waals surface area contributed by atoms with Crippen LogP contribution in [0.25, 0.3) is 0 Å². The fourth-order valence-corrected chi connectivity index (χ4v) is 11.3. The lowest BCUT2D eigenvalue weighted by atomic mass is 10.0. The minimum atomic E-state index is -4.95. The molecule has 0 spiro atoms. The summed E-state index contributed by atoms with van der Waals surface area (Å²) >= 11 is 0. The third kappa shape index (κ3) is 75.9. The van der Waals surface area contributed by atoms with E-state index in [1.54, 1.807) is 0 Å². The van der Waals surface area contributed by atoms with E-state index in [2.05, 4.69) is 179 Å². The molecule has 0 aromatic heterocycles. The van der Waals surface area contributed by atoms with Gasteiger partial charge in [-0.25, -0.2) is 9.13 Å². The van der Waals surface area contributed by atoms with Crippen molar-refractivity contribution in [2.75, 3.05) is 39.6 Å². The number of aliphatic hydroxyl groups is 2. The van der Waals surface area contributed by atoms with Crippen molar-refractivity contribution in [1.29, 1.82) is 0 Å². The van der Waals surface area contributed by atoms with E-state index < -0.39 is 91.5 Å². The van der Waals surface area contributed by atoms with Gasteiger partial charge in [0, 0.05) is 19.3 Å². The van der Waals surface area contributed by atoms with E-state index in [0.29, 0.717) is 25.7 Å². The van der Waals surface area contributed by atoms with Gasteiger partial charge in [-0.15, -0.1) is 0 Å². The van der Waals surface area contributed by atoms with Crippen LogP contribution in [-0.2, 0) is 55.8 Å². The van der Waals surface area contributed by atoms with Gasteiger partial charge in [-0.1, -0.05) is 287 Å². The molecule has 5 unspecified atom stereocenters. The van der Waals surface area contributed by atoms with Gasteiger partial charge < -0.3 is 34.2 Å². The van der Waals surface area contributed by atoms with Gasteiger partial charge >= 0.3 is 33.6 Å². The number of hydrogen-bond donors (Lipinski definition) is 4. The number of phosphoric ester groups is 2. The van der Waals surface area contributed by atoms with E-state index >= 15 is 0 Å². The number of allylic oxidation sites excluding steroid dienone is 28. The number of unbranched alkanes of at least 4 members (excludes halogenated alkanes) is 20. The second-order valence-electron chi connectivity index (χ2n) is 25.0. The van der Waals surface area contributed by atoms with Crippen LogP contribution in [0.15, 0.2) is 170 Å². The van der Waals surface area contributed by atoms with Crippen LogP contribution in [0.3, 0.4) is 0 Å². The minimum Gasteiger partial charge on any atom is -0.463 e. The van der Waals surface area contributed by atoms with Gasteiger partial charge in [0.1, 0.15) is 25.4 Å². The van der Waals surface area contributed by atoms with Crippen molar-refractivity contribution in [3.63, 3.8) is 0 Å². The van der Waals surface area contributed by atoms with Crippen molar-refractivity contribution in [3.05, 3.63) is 170 Å². The zero-order valence-corrected chi connectivity index (χ0v) is 64.3. The van der Waals surface area contributed by atoms with Crippen LogP contribution in [0.5, 0.6) is 0 Å². The number of hydrogen-bond acceptors (Lipinski definition) is 14. The van der Waals surface area contributed by atoms with Crippen LogP contribution < -0.4 is 0 Å². The third-order valence-electron chi connectivity index (χ3n) is 15.4. The van der Waals surface area contributed by atoms with Crippen molar-refractivity contribution < 1.29 is 75.8 Å². The molecule has 0 rings (SSSR count). The van der Waals surface area contributed by atoms with Gasteiger partial charge in [0.05, 0.1) is 26.4 Å². The highest BCUT2D eigenvalue weighted by Crippen LogP contribution is 2.45. The summed E-state index contributed by atoms with van der Waals surface area (Å²) < 4.78 is 61.0. The molecule has 0 amide bonds. The Morgan fingerprint density at radius 2 is 0.505 bits per heavy atom. The highest BCUT2D eigenvalue weighted by Gasteiger charge is 2.29. The van der Waals surface area contributed by atoms with Gasteiger partial charge in [-0.05, 0) is 141 Å². The lowest BCUT2D eigenvalue weighted by Gasteiger charge is -2.21. The van der Waals surface area contributed by atoms with E-state index in [9.17, 15) is 43.5 Å². The summed E-state index contributed by atoms with van der Waals surface area (Å²) in [4.78, 5) is 58.6. The van der Waals surface area contributed by atoms with Gasteiger partial charge in [0.25, 0.3) is 0 Å². The Labute approximate surface area is 612 Å². The predicted octanol–water partition coefficient (Wildman–Crippen LogP) is 22.4. The van der Waals surface area contributed by atoms with E-state index in [-0.39, 0.29) is 19.3 Å². The average molecular weight is 1450 g/mol. The molecule has 0 saturated carbocycles. The molecule has 0 fully saturated rings. The summed E-state index contributed by atoms with van der Waals surface area (Å²) in [5.41, 5.74) is 0. The highest BCUT2D eigenvalue weighted by molar-refractivity contribution is 7.47. The number of phosphoric acid groups is 2. The molecule has 5 atom stereocenters. The second-order valence-corrected chi connectivity index (χ2v) is 27.9. The summed E-state index contributed by atoms with van der Waals surface area (Å²) in [5.74, 6) is -1.67. The first-order chi connectivity index (χ1) is 49.2. The van der Waals surface area contributed by atoms with Crippen LogP contribution in [0.1, 0.15) is 278 Å². The maximum Gasteiger partial charge on any atom is 0.472 e. The molecule has 0 bridgehead atoms. The van der Waals surface area contributed by atoms with Crippen molar-refractivity contribution in [2.45, 2.75) is 296 Å². The molecule has 101 heavy (non-hydrogen) atoms. The molecular weight excluding hydrogens is 1310 g/mol. The molecule has 0 aromatic carbocycles. The predicted molar refractivity (Wildman–Crippen MR) is 417 cm³/mol. The summed E-state index contributed by atoms with van der Waals surface area (Å²) in [5, 5.41) is 20.6. The lowest BCUT2D eigenvalue weighted by Crippen LogP contribution is -2.30. The SMILES string of the molecule is CC/C=C\C/C=C\C/C=C\C/C=C\C/C=C\CCCCCCCCCCCCCCCC(=O)OCC(O)COP(=O)(O)OCC(O)COP(=O)(O)OCC(COC(=O)CCCCCCCC/C=C\C/C=C\C/C=C\C/C=C\CC)OC(=O)CCC/C=C\C/C=C\C/C=C\C/C=C\C/C=C\CC. The topological polar surface area (TPSA) is 231 Å². The second kappa shape index (κ2) is 74.6. The molecule has 0 aromatic rings. The summed E-state index contributed by atoms with van der Waals surface area (Å²) in [6.07, 6.45) is 94.1. The number of esters is 3. The molecule has 4 N–H and O–H groups in total. The maximum atomic E-state index is 12.9. The first-order valence-electron chi connectivity index (χ1n) is 38.4. The molecule has 18 heteroatoms. The first kappa shape index (κ1) is 95.9. The van der Waals surface area contributed by atoms with Crippen LogP contribution in [0, 0.1) is 0 Å². The van der Waals surface area contributed by atoms with Crippen LogP contribution >= 0.6 is 15.6 Å². The molecule has 0 aliphatic heterocycles.